The number of aromatic carboxylic acids is 1. The summed E-state index contributed by atoms with van der Waals surface area (Å²) in [6.07, 6.45) is 7.74. The number of hydrogen-bond acceptors (Lipinski definition) is 5. The van der Waals surface area contributed by atoms with Crippen molar-refractivity contribution in [2.45, 2.75) is 58.8 Å². The molecule has 0 spiro atoms. The molecule has 4 rings (SSSR count). The number of carbonyl (C=O) groups is 1. The molecule has 2 N–H and O–H groups in total. The van der Waals surface area contributed by atoms with Crippen molar-refractivity contribution in [3.8, 4) is 17.6 Å². The van der Waals surface area contributed by atoms with E-state index in [1.807, 2.05) is 18.2 Å². The van der Waals surface area contributed by atoms with Gasteiger partial charge in [-0.2, -0.15) is 5.26 Å². The fraction of sp³-hybridized carbons (Fsp3) is 0.355. The summed E-state index contributed by atoms with van der Waals surface area (Å²) in [5.41, 5.74) is 5.20. The van der Waals surface area contributed by atoms with Gasteiger partial charge in [0, 0.05) is 24.8 Å². The summed E-state index contributed by atoms with van der Waals surface area (Å²) >= 11 is 0. The number of unbranched alkanes of at least 4 members (excludes halogenated alkanes) is 2. The van der Waals surface area contributed by atoms with Crippen molar-refractivity contribution in [2.75, 3.05) is 23.3 Å². The number of nitrogens with one attached hydrogen (secondary N) is 1. The molecule has 0 aromatic heterocycles. The van der Waals surface area contributed by atoms with E-state index >= 15 is 0 Å². The van der Waals surface area contributed by atoms with Gasteiger partial charge < -0.3 is 20.1 Å². The molecule has 0 amide bonds. The van der Waals surface area contributed by atoms with Crippen LogP contribution in [0.4, 0.5) is 17.1 Å². The molecule has 1 aliphatic rings. The average molecular weight is 498 g/mol. The lowest BCUT2D eigenvalue weighted by Crippen LogP contribution is -2.25. The fourth-order valence-corrected chi connectivity index (χ4v) is 4.69. The standard InChI is InChI=1S/C31H35N3O3/c1-3-5-15-34(16-6-4-2)25-12-8-11-22(17-25)9-7-10-23-13-14-27-28(19-23)37-29-20-24(21-32)18-26(31(35)36)30(29)33-27/h8,11-14,17-20,33H,3-7,9-10,15-16H2,1-2H3,(H,35,36). The fourth-order valence-electron chi connectivity index (χ4n) is 4.69. The topological polar surface area (TPSA) is 85.6 Å². The van der Waals surface area contributed by atoms with Crippen molar-refractivity contribution in [3.63, 3.8) is 0 Å². The Hall–Kier alpha value is -3.98. The number of anilines is 3. The number of aryl methyl sites for hydroxylation is 2. The van der Waals surface area contributed by atoms with Gasteiger partial charge in [-0.15, -0.1) is 0 Å². The van der Waals surface area contributed by atoms with Crippen molar-refractivity contribution < 1.29 is 14.6 Å². The molecular weight excluding hydrogens is 462 g/mol. The zero-order valence-electron chi connectivity index (χ0n) is 21.7. The number of nitriles is 1. The molecular formula is C31H35N3O3. The highest BCUT2D eigenvalue weighted by atomic mass is 16.5. The number of benzene rings is 3. The smallest absolute Gasteiger partial charge is 0.338 e. The summed E-state index contributed by atoms with van der Waals surface area (Å²) in [4.78, 5) is 14.2. The van der Waals surface area contributed by atoms with Crippen molar-refractivity contribution >= 4 is 23.0 Å². The van der Waals surface area contributed by atoms with Crippen LogP contribution in [0.25, 0.3) is 0 Å². The predicted molar refractivity (Wildman–Crippen MR) is 148 cm³/mol. The van der Waals surface area contributed by atoms with Crippen LogP contribution >= 0.6 is 0 Å². The van der Waals surface area contributed by atoms with Gasteiger partial charge in [0.25, 0.3) is 0 Å². The average Bonchev–Trinajstić information content (AvgIpc) is 2.91. The second-order valence-corrected chi connectivity index (χ2v) is 9.59. The van der Waals surface area contributed by atoms with Crippen LogP contribution in [-0.4, -0.2) is 24.2 Å². The lowest BCUT2D eigenvalue weighted by atomic mass is 10.0. The molecule has 192 valence electrons. The van der Waals surface area contributed by atoms with E-state index in [1.165, 1.54) is 43.0 Å². The van der Waals surface area contributed by atoms with Gasteiger partial charge in [0.15, 0.2) is 11.5 Å². The summed E-state index contributed by atoms with van der Waals surface area (Å²) in [5, 5.41) is 22.0. The van der Waals surface area contributed by atoms with Crippen LogP contribution in [-0.2, 0) is 12.8 Å². The number of fused-ring (bicyclic) bond motifs is 2. The Morgan fingerprint density at radius 2 is 1.68 bits per heavy atom. The van der Waals surface area contributed by atoms with Gasteiger partial charge in [0.2, 0.25) is 0 Å². The highest BCUT2D eigenvalue weighted by Crippen LogP contribution is 2.44. The zero-order valence-corrected chi connectivity index (χ0v) is 21.7. The Morgan fingerprint density at radius 1 is 0.946 bits per heavy atom. The van der Waals surface area contributed by atoms with Gasteiger partial charge in [0.1, 0.15) is 0 Å². The van der Waals surface area contributed by atoms with Crippen LogP contribution in [0.3, 0.4) is 0 Å². The molecule has 0 saturated carbocycles. The molecule has 3 aromatic rings. The van der Waals surface area contributed by atoms with Crippen LogP contribution in [0.15, 0.2) is 54.6 Å². The first-order chi connectivity index (χ1) is 18.0. The number of nitrogens with zero attached hydrogens (tertiary/aromatic N) is 2. The van der Waals surface area contributed by atoms with Crippen molar-refractivity contribution in [2.24, 2.45) is 0 Å². The molecule has 0 atom stereocenters. The second-order valence-electron chi connectivity index (χ2n) is 9.59. The third-order valence-electron chi connectivity index (χ3n) is 6.76. The van der Waals surface area contributed by atoms with Crippen LogP contribution < -0.4 is 15.0 Å². The van der Waals surface area contributed by atoms with E-state index in [0.717, 1.165) is 43.6 Å². The number of carboxylic acids is 1. The van der Waals surface area contributed by atoms with Gasteiger partial charge in [-0.3, -0.25) is 0 Å². The Morgan fingerprint density at radius 3 is 2.35 bits per heavy atom. The van der Waals surface area contributed by atoms with E-state index in [4.69, 9.17) is 4.74 Å². The maximum absolute atomic E-state index is 11.7. The minimum atomic E-state index is -1.10. The molecule has 0 unspecified atom stereocenters. The van der Waals surface area contributed by atoms with E-state index in [-0.39, 0.29) is 11.1 Å². The van der Waals surface area contributed by atoms with Gasteiger partial charge in [-0.05, 0) is 73.6 Å². The molecule has 0 aliphatic carbocycles. The molecule has 6 heteroatoms. The summed E-state index contributed by atoms with van der Waals surface area (Å²) in [7, 11) is 0. The number of carboxylic acid groups (broad SMARTS) is 1. The van der Waals surface area contributed by atoms with E-state index in [1.54, 1.807) is 6.07 Å². The van der Waals surface area contributed by atoms with Crippen molar-refractivity contribution in [3.05, 3.63) is 76.9 Å². The van der Waals surface area contributed by atoms with Crippen LogP contribution in [0.5, 0.6) is 11.5 Å². The molecule has 0 saturated heterocycles. The molecule has 0 fully saturated rings. The largest absolute Gasteiger partial charge is 0.478 e. The van der Waals surface area contributed by atoms with Crippen LogP contribution in [0, 0.1) is 11.3 Å². The lowest BCUT2D eigenvalue weighted by molar-refractivity contribution is 0.0697. The predicted octanol–water partition coefficient (Wildman–Crippen LogP) is 7.69. The first kappa shape index (κ1) is 26.1. The third-order valence-corrected chi connectivity index (χ3v) is 6.76. The van der Waals surface area contributed by atoms with E-state index in [0.29, 0.717) is 17.2 Å². The van der Waals surface area contributed by atoms with E-state index in [9.17, 15) is 15.2 Å². The monoisotopic (exact) mass is 497 g/mol. The van der Waals surface area contributed by atoms with E-state index in [2.05, 4.69) is 54.4 Å². The van der Waals surface area contributed by atoms with Crippen LogP contribution in [0.2, 0.25) is 0 Å². The second kappa shape index (κ2) is 12.3. The van der Waals surface area contributed by atoms with Crippen LogP contribution in [0.1, 0.15) is 73.0 Å². The summed E-state index contributed by atoms with van der Waals surface area (Å²) in [6, 6.07) is 19.9. The van der Waals surface area contributed by atoms with Gasteiger partial charge in [-0.1, -0.05) is 44.9 Å². The summed E-state index contributed by atoms with van der Waals surface area (Å²) in [5.74, 6) is -0.109. The Balaban J connectivity index is 1.41. The van der Waals surface area contributed by atoms with Crippen molar-refractivity contribution in [1.29, 1.82) is 5.26 Å². The Bertz CT molecular complexity index is 1290. The minimum absolute atomic E-state index is 0.0222. The molecule has 3 aromatic carbocycles. The van der Waals surface area contributed by atoms with Gasteiger partial charge >= 0.3 is 5.97 Å². The van der Waals surface area contributed by atoms with Gasteiger partial charge in [0.05, 0.1) is 28.6 Å². The Kier molecular flexibility index (Phi) is 8.68. The molecule has 0 bridgehead atoms. The first-order valence-electron chi connectivity index (χ1n) is 13.3. The number of hydrogen-bond donors (Lipinski definition) is 2. The molecule has 1 aliphatic heterocycles. The van der Waals surface area contributed by atoms with Crippen molar-refractivity contribution in [1.82, 2.24) is 0 Å². The minimum Gasteiger partial charge on any atom is -0.478 e. The Labute approximate surface area is 219 Å². The number of ether oxygens (including phenoxy) is 1. The highest BCUT2D eigenvalue weighted by molar-refractivity contribution is 5.99. The van der Waals surface area contributed by atoms with Gasteiger partial charge in [-0.25, -0.2) is 4.79 Å². The lowest BCUT2D eigenvalue weighted by Gasteiger charge is -2.25. The normalized spacial score (nSPS) is 11.5. The number of rotatable bonds is 12. The summed E-state index contributed by atoms with van der Waals surface area (Å²) in [6.45, 7) is 6.70. The first-order valence-corrected chi connectivity index (χ1v) is 13.3. The maximum Gasteiger partial charge on any atom is 0.338 e. The molecule has 1 heterocycles. The molecule has 6 nitrogen and oxygen atoms in total. The SMILES string of the molecule is CCCCN(CCCC)c1cccc(CCCc2ccc3c(c2)Oc2cc(C#N)cc(C(=O)O)c2N3)c1. The molecule has 37 heavy (non-hydrogen) atoms. The van der Waals surface area contributed by atoms with E-state index < -0.39 is 5.97 Å². The third kappa shape index (κ3) is 6.42. The maximum atomic E-state index is 11.7. The zero-order chi connectivity index (χ0) is 26.2. The molecule has 0 radical (unpaired) electrons. The quantitative estimate of drug-likeness (QED) is 0.209. The summed E-state index contributed by atoms with van der Waals surface area (Å²) < 4.78 is 6.04. The highest BCUT2D eigenvalue weighted by Gasteiger charge is 2.24.